The summed E-state index contributed by atoms with van der Waals surface area (Å²) in [5.74, 6) is -0.913. The van der Waals surface area contributed by atoms with Crippen molar-refractivity contribution in [3.63, 3.8) is 0 Å². The van der Waals surface area contributed by atoms with Gasteiger partial charge in [-0.15, -0.1) is 11.6 Å². The fourth-order valence-electron chi connectivity index (χ4n) is 1.90. The Hall–Kier alpha value is -2.33. The molecule has 4 nitrogen and oxygen atoms in total. The minimum Gasteiger partial charge on any atom is -0.481 e. The van der Waals surface area contributed by atoms with Crippen molar-refractivity contribution in [2.75, 3.05) is 0 Å². The number of esters is 1. The second kappa shape index (κ2) is 7.09. The van der Waals surface area contributed by atoms with Gasteiger partial charge in [-0.3, -0.25) is 9.59 Å². The zero-order valence-electron chi connectivity index (χ0n) is 12.0. The number of alkyl halides is 1. The van der Waals surface area contributed by atoms with E-state index >= 15 is 0 Å². The zero-order valence-corrected chi connectivity index (χ0v) is 12.7. The maximum Gasteiger partial charge on any atom is 0.329 e. The topological polar surface area (TPSA) is 63.6 Å². The standard InChI is InChI=1S/C17H15ClO4/c1-11(18)17(21)22-15-8-6-14(7-9-15)13-4-2-12(3-5-13)10-16(19)20/h2-9,11H,10H2,1H3,(H,19,20). The summed E-state index contributed by atoms with van der Waals surface area (Å²) in [6.45, 7) is 1.55. The summed E-state index contributed by atoms with van der Waals surface area (Å²) in [6, 6.07) is 14.3. The molecule has 1 N–H and O–H groups in total. The van der Waals surface area contributed by atoms with E-state index in [1.54, 1.807) is 31.2 Å². The molecule has 0 amide bonds. The number of hydrogen-bond acceptors (Lipinski definition) is 3. The average molecular weight is 319 g/mol. The Balaban J connectivity index is 2.10. The van der Waals surface area contributed by atoms with Gasteiger partial charge in [0.15, 0.2) is 0 Å². The van der Waals surface area contributed by atoms with Crippen LogP contribution in [0.1, 0.15) is 12.5 Å². The van der Waals surface area contributed by atoms with Crippen molar-refractivity contribution in [1.82, 2.24) is 0 Å². The van der Waals surface area contributed by atoms with E-state index in [4.69, 9.17) is 21.4 Å². The molecule has 2 aromatic rings. The minimum atomic E-state index is -0.854. The minimum absolute atomic E-state index is 0.00573. The van der Waals surface area contributed by atoms with E-state index in [0.717, 1.165) is 16.7 Å². The molecule has 2 rings (SSSR count). The molecule has 0 aliphatic carbocycles. The van der Waals surface area contributed by atoms with Gasteiger partial charge in [0.1, 0.15) is 11.1 Å². The first-order chi connectivity index (χ1) is 10.5. The van der Waals surface area contributed by atoms with Gasteiger partial charge in [-0.1, -0.05) is 36.4 Å². The number of ether oxygens (including phenoxy) is 1. The molecule has 1 unspecified atom stereocenters. The number of hydrogen-bond donors (Lipinski definition) is 1. The average Bonchev–Trinajstić information content (AvgIpc) is 2.48. The first-order valence-electron chi connectivity index (χ1n) is 6.72. The Morgan fingerprint density at radius 1 is 1.05 bits per heavy atom. The molecule has 0 aliphatic heterocycles. The fourth-order valence-corrected chi connectivity index (χ4v) is 1.95. The van der Waals surface area contributed by atoms with Crippen molar-refractivity contribution in [2.24, 2.45) is 0 Å². The lowest BCUT2D eigenvalue weighted by Crippen LogP contribution is -2.17. The number of halogens is 1. The van der Waals surface area contributed by atoms with Gasteiger partial charge in [0.25, 0.3) is 0 Å². The summed E-state index contributed by atoms with van der Waals surface area (Å²) in [5.41, 5.74) is 2.65. The number of carboxylic acids is 1. The molecule has 1 atom stereocenters. The molecule has 0 aliphatic rings. The smallest absolute Gasteiger partial charge is 0.329 e. The van der Waals surface area contributed by atoms with Crippen LogP contribution in [0, 0.1) is 0 Å². The number of benzene rings is 2. The summed E-state index contributed by atoms with van der Waals surface area (Å²) in [4.78, 5) is 22.0. The Bertz CT molecular complexity index is 660. The molecule has 2 aromatic carbocycles. The quantitative estimate of drug-likeness (QED) is 0.520. The molecule has 0 fully saturated rings. The number of carbonyl (C=O) groups excluding carboxylic acids is 1. The van der Waals surface area contributed by atoms with Gasteiger partial charge in [0, 0.05) is 0 Å². The predicted octanol–water partition coefficient (Wildman–Crippen LogP) is 3.51. The SMILES string of the molecule is CC(Cl)C(=O)Oc1ccc(-c2ccc(CC(=O)O)cc2)cc1. The van der Waals surface area contributed by atoms with Gasteiger partial charge in [-0.05, 0) is 35.7 Å². The van der Waals surface area contributed by atoms with Gasteiger partial charge >= 0.3 is 11.9 Å². The molecule has 5 heteroatoms. The highest BCUT2D eigenvalue weighted by atomic mass is 35.5. The lowest BCUT2D eigenvalue weighted by atomic mass is 10.0. The highest BCUT2D eigenvalue weighted by Gasteiger charge is 2.11. The van der Waals surface area contributed by atoms with Crippen LogP contribution in [0.5, 0.6) is 5.75 Å². The van der Waals surface area contributed by atoms with Crippen molar-refractivity contribution in [2.45, 2.75) is 18.7 Å². The molecule has 0 saturated carbocycles. The first kappa shape index (κ1) is 16.0. The third-order valence-corrected chi connectivity index (χ3v) is 3.22. The van der Waals surface area contributed by atoms with Crippen molar-refractivity contribution < 1.29 is 19.4 Å². The van der Waals surface area contributed by atoms with Crippen LogP contribution in [-0.4, -0.2) is 22.4 Å². The maximum atomic E-state index is 11.4. The molecule has 0 radical (unpaired) electrons. The third-order valence-electron chi connectivity index (χ3n) is 3.04. The molecule has 0 bridgehead atoms. The van der Waals surface area contributed by atoms with E-state index in [1.165, 1.54) is 0 Å². The molecule has 0 saturated heterocycles. The molecule has 0 spiro atoms. The maximum absolute atomic E-state index is 11.4. The summed E-state index contributed by atoms with van der Waals surface area (Å²) < 4.78 is 5.09. The molecule has 0 heterocycles. The summed E-state index contributed by atoms with van der Waals surface area (Å²) >= 11 is 5.64. The summed E-state index contributed by atoms with van der Waals surface area (Å²) in [5, 5.41) is 8.05. The molecule has 22 heavy (non-hydrogen) atoms. The zero-order chi connectivity index (χ0) is 16.1. The van der Waals surface area contributed by atoms with Crippen molar-refractivity contribution >= 4 is 23.5 Å². The fraction of sp³-hybridized carbons (Fsp3) is 0.176. The predicted molar refractivity (Wildman–Crippen MR) is 84.2 cm³/mol. The van der Waals surface area contributed by atoms with Gasteiger partial charge in [0.05, 0.1) is 6.42 Å². The lowest BCUT2D eigenvalue weighted by molar-refractivity contribution is -0.136. The number of aliphatic carboxylic acids is 1. The number of carboxylic acid groups (broad SMARTS) is 1. The monoisotopic (exact) mass is 318 g/mol. The highest BCUT2D eigenvalue weighted by Crippen LogP contribution is 2.23. The Morgan fingerprint density at radius 3 is 2.00 bits per heavy atom. The van der Waals surface area contributed by atoms with E-state index in [0.29, 0.717) is 5.75 Å². The van der Waals surface area contributed by atoms with Crippen LogP contribution in [0.3, 0.4) is 0 Å². The van der Waals surface area contributed by atoms with E-state index < -0.39 is 17.3 Å². The van der Waals surface area contributed by atoms with E-state index in [-0.39, 0.29) is 6.42 Å². The van der Waals surface area contributed by atoms with Crippen LogP contribution in [-0.2, 0) is 16.0 Å². The second-order valence-corrected chi connectivity index (χ2v) is 5.48. The molecular formula is C17H15ClO4. The van der Waals surface area contributed by atoms with E-state index in [2.05, 4.69) is 0 Å². The molecule has 114 valence electrons. The Labute approximate surface area is 133 Å². The Morgan fingerprint density at radius 2 is 1.55 bits per heavy atom. The Kier molecular flexibility index (Phi) is 5.17. The largest absolute Gasteiger partial charge is 0.481 e. The van der Waals surface area contributed by atoms with E-state index in [9.17, 15) is 9.59 Å². The van der Waals surface area contributed by atoms with Crippen LogP contribution in [0.4, 0.5) is 0 Å². The van der Waals surface area contributed by atoms with Crippen molar-refractivity contribution in [3.05, 3.63) is 54.1 Å². The summed E-state index contributed by atoms with van der Waals surface area (Å²) in [7, 11) is 0. The van der Waals surface area contributed by atoms with Crippen molar-refractivity contribution in [3.8, 4) is 16.9 Å². The number of rotatable bonds is 5. The van der Waals surface area contributed by atoms with Gasteiger partial charge in [-0.2, -0.15) is 0 Å². The normalized spacial score (nSPS) is 11.7. The summed E-state index contributed by atoms with van der Waals surface area (Å²) in [6.07, 6.45) is 0.00573. The van der Waals surface area contributed by atoms with Crippen LogP contribution < -0.4 is 4.74 Å². The molecular weight excluding hydrogens is 304 g/mol. The van der Waals surface area contributed by atoms with Crippen LogP contribution >= 0.6 is 11.6 Å². The lowest BCUT2D eigenvalue weighted by Gasteiger charge is -2.07. The first-order valence-corrected chi connectivity index (χ1v) is 7.16. The number of carbonyl (C=O) groups is 2. The van der Waals surface area contributed by atoms with Crippen molar-refractivity contribution in [1.29, 1.82) is 0 Å². The van der Waals surface area contributed by atoms with Crippen LogP contribution in [0.25, 0.3) is 11.1 Å². The van der Waals surface area contributed by atoms with Gasteiger partial charge < -0.3 is 9.84 Å². The third kappa shape index (κ3) is 4.33. The van der Waals surface area contributed by atoms with E-state index in [1.807, 2.05) is 24.3 Å². The van der Waals surface area contributed by atoms with Gasteiger partial charge in [0.2, 0.25) is 0 Å². The second-order valence-electron chi connectivity index (χ2n) is 4.83. The van der Waals surface area contributed by atoms with Crippen LogP contribution in [0.15, 0.2) is 48.5 Å². The molecule has 0 aromatic heterocycles. The highest BCUT2D eigenvalue weighted by molar-refractivity contribution is 6.29. The van der Waals surface area contributed by atoms with Gasteiger partial charge in [-0.25, -0.2) is 0 Å². The van der Waals surface area contributed by atoms with Crippen LogP contribution in [0.2, 0.25) is 0 Å².